The van der Waals surface area contributed by atoms with E-state index < -0.39 is 16.0 Å². The number of thiophene rings is 1. The lowest BCUT2D eigenvalue weighted by atomic mass is 10.2. The summed E-state index contributed by atoms with van der Waals surface area (Å²) in [5.41, 5.74) is 0.988. The van der Waals surface area contributed by atoms with E-state index in [1.807, 2.05) is 17.5 Å². The van der Waals surface area contributed by atoms with Crippen LogP contribution in [-0.4, -0.2) is 32.5 Å². The minimum atomic E-state index is -3.69. The lowest BCUT2D eigenvalue weighted by Crippen LogP contribution is -2.26. The molecule has 126 valence electrons. The maximum absolute atomic E-state index is 12.5. The second kappa shape index (κ2) is 7.29. The topological polar surface area (TPSA) is 88.3 Å². The number of aromatic amines is 1. The van der Waals surface area contributed by atoms with Crippen molar-refractivity contribution in [3.05, 3.63) is 39.3 Å². The van der Waals surface area contributed by atoms with Crippen LogP contribution in [0.25, 0.3) is 0 Å². The Morgan fingerprint density at radius 1 is 1.39 bits per heavy atom. The number of nitrogens with one attached hydrogen (secondary N) is 2. The first-order chi connectivity index (χ1) is 10.9. The van der Waals surface area contributed by atoms with Crippen molar-refractivity contribution < 1.29 is 17.9 Å². The maximum atomic E-state index is 12.5. The van der Waals surface area contributed by atoms with Crippen molar-refractivity contribution in [2.75, 3.05) is 13.2 Å². The van der Waals surface area contributed by atoms with Gasteiger partial charge in [-0.2, -0.15) is 0 Å². The normalized spacial score (nSPS) is 11.6. The highest BCUT2D eigenvalue weighted by molar-refractivity contribution is 7.89. The second-order valence-corrected chi connectivity index (χ2v) is 7.76. The smallest absolute Gasteiger partial charge is 0.355 e. The Morgan fingerprint density at radius 2 is 2.13 bits per heavy atom. The van der Waals surface area contributed by atoms with Crippen molar-refractivity contribution in [1.29, 1.82) is 0 Å². The van der Waals surface area contributed by atoms with Gasteiger partial charge in [0.1, 0.15) is 10.6 Å². The van der Waals surface area contributed by atoms with Gasteiger partial charge in [-0.3, -0.25) is 0 Å². The van der Waals surface area contributed by atoms with E-state index in [-0.39, 0.29) is 17.2 Å². The Bertz CT molecular complexity index is 777. The van der Waals surface area contributed by atoms with Crippen LogP contribution in [0.5, 0.6) is 0 Å². The molecule has 0 aliphatic heterocycles. The van der Waals surface area contributed by atoms with E-state index in [2.05, 4.69) is 9.71 Å². The summed E-state index contributed by atoms with van der Waals surface area (Å²) in [6.07, 6.45) is 0.629. The summed E-state index contributed by atoms with van der Waals surface area (Å²) in [7, 11) is -3.69. The van der Waals surface area contributed by atoms with Gasteiger partial charge in [0.05, 0.1) is 6.61 Å². The summed E-state index contributed by atoms with van der Waals surface area (Å²) in [6, 6.07) is 3.89. The summed E-state index contributed by atoms with van der Waals surface area (Å²) in [5, 5.41) is 1.95. The summed E-state index contributed by atoms with van der Waals surface area (Å²) < 4.78 is 32.6. The summed E-state index contributed by atoms with van der Waals surface area (Å²) >= 11 is 1.59. The standard InChI is InChI=1S/C15H20N2O4S2/c1-4-21-15(18)13-10(2)14(11(3)17-13)23(19,20)16-8-7-12-6-5-9-22-12/h5-6,9,16-17H,4,7-8H2,1-3H3. The van der Waals surface area contributed by atoms with Gasteiger partial charge >= 0.3 is 5.97 Å². The quantitative estimate of drug-likeness (QED) is 0.746. The van der Waals surface area contributed by atoms with Crippen LogP contribution in [-0.2, 0) is 21.2 Å². The van der Waals surface area contributed by atoms with Crippen molar-refractivity contribution in [1.82, 2.24) is 9.71 Å². The van der Waals surface area contributed by atoms with Crippen molar-refractivity contribution in [2.45, 2.75) is 32.1 Å². The monoisotopic (exact) mass is 356 g/mol. The highest BCUT2D eigenvalue weighted by Gasteiger charge is 2.26. The van der Waals surface area contributed by atoms with Crippen molar-refractivity contribution in [3.8, 4) is 0 Å². The Balaban J connectivity index is 2.17. The number of ether oxygens (including phenoxy) is 1. The molecule has 2 N–H and O–H groups in total. The minimum Gasteiger partial charge on any atom is -0.461 e. The van der Waals surface area contributed by atoms with Crippen molar-refractivity contribution in [2.24, 2.45) is 0 Å². The Morgan fingerprint density at radius 3 is 2.74 bits per heavy atom. The predicted molar refractivity (Wildman–Crippen MR) is 89.4 cm³/mol. The van der Waals surface area contributed by atoms with E-state index in [1.54, 1.807) is 32.1 Å². The summed E-state index contributed by atoms with van der Waals surface area (Å²) in [4.78, 5) is 15.9. The molecule has 0 saturated heterocycles. The minimum absolute atomic E-state index is 0.117. The fraction of sp³-hybridized carbons (Fsp3) is 0.400. The zero-order chi connectivity index (χ0) is 17.0. The number of carbonyl (C=O) groups is 1. The third-order valence-corrected chi connectivity index (χ3v) is 6.03. The first kappa shape index (κ1) is 17.7. The van der Waals surface area contributed by atoms with Gasteiger partial charge in [0.15, 0.2) is 0 Å². The van der Waals surface area contributed by atoms with Crippen LogP contribution in [0.1, 0.15) is 33.5 Å². The molecule has 2 rings (SSSR count). The van der Waals surface area contributed by atoms with Crippen LogP contribution in [0.4, 0.5) is 0 Å². The molecule has 0 unspecified atom stereocenters. The first-order valence-corrected chi connectivity index (χ1v) is 9.61. The molecule has 0 spiro atoms. The van der Waals surface area contributed by atoms with Gasteiger partial charge in [0, 0.05) is 22.7 Å². The lowest BCUT2D eigenvalue weighted by molar-refractivity contribution is 0.0519. The molecule has 2 aromatic rings. The van der Waals surface area contributed by atoms with E-state index in [0.717, 1.165) is 4.88 Å². The zero-order valence-electron chi connectivity index (χ0n) is 13.3. The van der Waals surface area contributed by atoms with Crippen LogP contribution >= 0.6 is 11.3 Å². The average molecular weight is 356 g/mol. The zero-order valence-corrected chi connectivity index (χ0v) is 14.9. The molecule has 23 heavy (non-hydrogen) atoms. The molecule has 8 heteroatoms. The van der Waals surface area contributed by atoms with Gasteiger partial charge in [-0.15, -0.1) is 11.3 Å². The number of aryl methyl sites for hydroxylation is 1. The second-order valence-electron chi connectivity index (χ2n) is 5.03. The molecule has 0 bridgehead atoms. The molecule has 0 aliphatic carbocycles. The SMILES string of the molecule is CCOC(=O)c1[nH]c(C)c(S(=O)(=O)NCCc2cccs2)c1C. The van der Waals surface area contributed by atoms with Crippen LogP contribution in [0.2, 0.25) is 0 Å². The van der Waals surface area contributed by atoms with Gasteiger partial charge in [-0.1, -0.05) is 6.07 Å². The van der Waals surface area contributed by atoms with Crippen LogP contribution in [0, 0.1) is 13.8 Å². The van der Waals surface area contributed by atoms with Gasteiger partial charge in [0.25, 0.3) is 0 Å². The predicted octanol–water partition coefficient (Wildman–Crippen LogP) is 2.39. The van der Waals surface area contributed by atoms with Crippen molar-refractivity contribution >= 4 is 27.3 Å². The van der Waals surface area contributed by atoms with Crippen molar-refractivity contribution in [3.63, 3.8) is 0 Å². The van der Waals surface area contributed by atoms with Gasteiger partial charge < -0.3 is 9.72 Å². The van der Waals surface area contributed by atoms with E-state index >= 15 is 0 Å². The molecule has 0 fully saturated rings. The number of rotatable bonds is 7. The third-order valence-electron chi connectivity index (χ3n) is 3.36. The Hall–Kier alpha value is -1.64. The molecule has 0 radical (unpaired) electrons. The molecule has 0 saturated carbocycles. The molecular weight excluding hydrogens is 336 g/mol. The highest BCUT2D eigenvalue weighted by atomic mass is 32.2. The Kier molecular flexibility index (Phi) is 5.61. The fourth-order valence-corrected chi connectivity index (χ4v) is 4.56. The van der Waals surface area contributed by atoms with E-state index in [0.29, 0.717) is 24.2 Å². The van der Waals surface area contributed by atoms with Crippen LogP contribution in [0.3, 0.4) is 0 Å². The van der Waals surface area contributed by atoms with E-state index in [4.69, 9.17) is 4.74 Å². The molecule has 0 amide bonds. The lowest BCUT2D eigenvalue weighted by Gasteiger charge is -2.07. The molecule has 0 aromatic carbocycles. The first-order valence-electron chi connectivity index (χ1n) is 7.25. The maximum Gasteiger partial charge on any atom is 0.355 e. The fourth-order valence-electron chi connectivity index (χ4n) is 2.38. The number of sulfonamides is 1. The van der Waals surface area contributed by atoms with Crippen LogP contribution < -0.4 is 4.72 Å². The summed E-state index contributed by atoms with van der Waals surface area (Å²) in [5.74, 6) is -0.548. The molecule has 6 nitrogen and oxygen atoms in total. The molecular formula is C15H20N2O4S2. The number of H-pyrrole nitrogens is 1. The molecule has 0 atom stereocenters. The molecule has 2 aromatic heterocycles. The largest absolute Gasteiger partial charge is 0.461 e. The highest BCUT2D eigenvalue weighted by Crippen LogP contribution is 2.23. The van der Waals surface area contributed by atoms with E-state index in [9.17, 15) is 13.2 Å². The van der Waals surface area contributed by atoms with Crippen LogP contribution in [0.15, 0.2) is 22.4 Å². The van der Waals surface area contributed by atoms with Gasteiger partial charge in [-0.25, -0.2) is 17.9 Å². The number of carbonyl (C=O) groups excluding carboxylic acids is 1. The molecule has 0 aliphatic rings. The number of hydrogen-bond acceptors (Lipinski definition) is 5. The van der Waals surface area contributed by atoms with Gasteiger partial charge in [-0.05, 0) is 38.6 Å². The number of hydrogen-bond donors (Lipinski definition) is 2. The molecule has 2 heterocycles. The van der Waals surface area contributed by atoms with E-state index in [1.165, 1.54) is 0 Å². The average Bonchev–Trinajstić information content (AvgIpc) is 3.07. The number of aromatic nitrogens is 1. The Labute approximate surface area is 139 Å². The third kappa shape index (κ3) is 4.01. The summed E-state index contributed by atoms with van der Waals surface area (Å²) in [6.45, 7) is 5.47. The number of esters is 1. The van der Waals surface area contributed by atoms with Gasteiger partial charge in [0.2, 0.25) is 10.0 Å².